The molecule has 1 unspecified atom stereocenters. The van der Waals surface area contributed by atoms with Crippen LogP contribution in [0.3, 0.4) is 0 Å². The Bertz CT molecular complexity index is 821. The second kappa shape index (κ2) is 6.65. The van der Waals surface area contributed by atoms with E-state index in [0.717, 1.165) is 4.90 Å². The van der Waals surface area contributed by atoms with E-state index in [1.165, 1.54) is 18.2 Å². The van der Waals surface area contributed by atoms with E-state index in [1.807, 2.05) is 0 Å². The molecule has 1 heterocycles. The van der Waals surface area contributed by atoms with Crippen LogP contribution in [0.5, 0.6) is 0 Å². The maximum atomic E-state index is 14.0. The molecule has 0 radical (unpaired) electrons. The van der Waals surface area contributed by atoms with Crippen molar-refractivity contribution in [3.8, 4) is 0 Å². The molecule has 1 fully saturated rings. The summed E-state index contributed by atoms with van der Waals surface area (Å²) in [7, 11) is 0. The van der Waals surface area contributed by atoms with E-state index >= 15 is 0 Å². The molecule has 130 valence electrons. The topological polar surface area (TPSA) is 49.4 Å². The van der Waals surface area contributed by atoms with E-state index in [4.69, 9.17) is 23.2 Å². The second-order valence-corrected chi connectivity index (χ2v) is 6.63. The average molecular weight is 381 g/mol. The quantitative estimate of drug-likeness (QED) is 0.794. The number of halogens is 3. The lowest BCUT2D eigenvalue weighted by molar-refractivity contribution is -0.132. The van der Waals surface area contributed by atoms with Crippen molar-refractivity contribution in [3.63, 3.8) is 0 Å². The molecule has 25 heavy (non-hydrogen) atoms. The van der Waals surface area contributed by atoms with Gasteiger partial charge in [-0.1, -0.05) is 48.3 Å². The van der Waals surface area contributed by atoms with Crippen LogP contribution in [0.4, 0.5) is 9.18 Å². The molecule has 0 saturated carbocycles. The molecule has 1 aliphatic heterocycles. The summed E-state index contributed by atoms with van der Waals surface area (Å²) in [5.41, 5.74) is -0.463. The molecule has 1 atom stereocenters. The van der Waals surface area contributed by atoms with Crippen LogP contribution in [0, 0.1) is 5.82 Å². The van der Waals surface area contributed by atoms with E-state index in [2.05, 4.69) is 5.32 Å². The van der Waals surface area contributed by atoms with Gasteiger partial charge in [0, 0.05) is 15.6 Å². The molecule has 3 amide bonds. The summed E-state index contributed by atoms with van der Waals surface area (Å²) in [6.07, 6.45) is 0.348. The third-order valence-electron chi connectivity index (χ3n) is 4.42. The monoisotopic (exact) mass is 380 g/mol. The van der Waals surface area contributed by atoms with Crippen LogP contribution in [-0.4, -0.2) is 16.8 Å². The fourth-order valence-electron chi connectivity index (χ4n) is 2.99. The van der Waals surface area contributed by atoms with Gasteiger partial charge < -0.3 is 5.32 Å². The first-order chi connectivity index (χ1) is 11.9. The first-order valence-corrected chi connectivity index (χ1v) is 8.47. The minimum atomic E-state index is -1.20. The van der Waals surface area contributed by atoms with Gasteiger partial charge in [0.25, 0.3) is 5.91 Å². The lowest BCUT2D eigenvalue weighted by atomic mass is 9.87. The molecule has 2 aromatic rings. The van der Waals surface area contributed by atoms with Crippen molar-refractivity contribution in [2.24, 2.45) is 0 Å². The molecular formula is C18H15Cl2FN2O2. The number of imide groups is 1. The highest BCUT2D eigenvalue weighted by Crippen LogP contribution is 2.34. The number of carbonyl (C=O) groups excluding carboxylic acids is 2. The van der Waals surface area contributed by atoms with Crippen LogP contribution < -0.4 is 5.32 Å². The van der Waals surface area contributed by atoms with Crippen molar-refractivity contribution in [2.45, 2.75) is 25.4 Å². The van der Waals surface area contributed by atoms with Gasteiger partial charge in [-0.2, -0.15) is 0 Å². The molecule has 0 spiro atoms. The Balaban J connectivity index is 1.97. The Morgan fingerprint density at radius 2 is 1.80 bits per heavy atom. The summed E-state index contributed by atoms with van der Waals surface area (Å²) < 4.78 is 14.0. The predicted molar refractivity (Wildman–Crippen MR) is 93.9 cm³/mol. The zero-order valence-electron chi connectivity index (χ0n) is 13.4. The summed E-state index contributed by atoms with van der Waals surface area (Å²) in [5.74, 6) is -1.00. The highest BCUT2D eigenvalue weighted by molar-refractivity contribution is 6.31. The number of urea groups is 1. The van der Waals surface area contributed by atoms with Gasteiger partial charge in [0.1, 0.15) is 11.4 Å². The second-order valence-electron chi connectivity index (χ2n) is 5.79. The normalized spacial score (nSPS) is 20.1. The van der Waals surface area contributed by atoms with Crippen LogP contribution in [0.1, 0.15) is 24.5 Å². The number of amides is 3. The smallest absolute Gasteiger partial charge is 0.319 e. The Hall–Kier alpha value is -2.11. The van der Waals surface area contributed by atoms with Gasteiger partial charge in [-0.05, 0) is 36.2 Å². The van der Waals surface area contributed by atoms with Crippen molar-refractivity contribution in [1.29, 1.82) is 0 Å². The number of rotatable bonds is 4. The summed E-state index contributed by atoms with van der Waals surface area (Å²) in [4.78, 5) is 26.4. The molecule has 1 saturated heterocycles. The molecule has 0 aromatic heterocycles. The molecule has 2 aromatic carbocycles. The number of hydrogen-bond acceptors (Lipinski definition) is 2. The molecule has 0 bridgehead atoms. The van der Waals surface area contributed by atoms with Crippen LogP contribution in [-0.2, 0) is 16.9 Å². The Morgan fingerprint density at radius 1 is 1.12 bits per heavy atom. The molecule has 4 nitrogen and oxygen atoms in total. The third kappa shape index (κ3) is 2.98. The lowest BCUT2D eigenvalue weighted by Crippen LogP contribution is -2.43. The Kier molecular flexibility index (Phi) is 4.71. The number of benzene rings is 2. The maximum Gasteiger partial charge on any atom is 0.325 e. The van der Waals surface area contributed by atoms with E-state index in [-0.39, 0.29) is 17.1 Å². The highest BCUT2D eigenvalue weighted by Gasteiger charge is 2.51. The van der Waals surface area contributed by atoms with Gasteiger partial charge >= 0.3 is 6.03 Å². The zero-order valence-corrected chi connectivity index (χ0v) is 14.9. The van der Waals surface area contributed by atoms with E-state index in [1.54, 1.807) is 31.2 Å². The molecule has 0 aliphatic carbocycles. The SMILES string of the molecule is CCC1(c2ccc(Cl)cc2)NC(=O)N(Cc2c(F)cccc2Cl)C1=O. The average Bonchev–Trinajstić information content (AvgIpc) is 2.83. The van der Waals surface area contributed by atoms with Crippen molar-refractivity contribution in [2.75, 3.05) is 0 Å². The van der Waals surface area contributed by atoms with Crippen LogP contribution >= 0.6 is 23.2 Å². The number of carbonyl (C=O) groups is 2. The minimum Gasteiger partial charge on any atom is -0.319 e. The van der Waals surface area contributed by atoms with Crippen molar-refractivity contribution < 1.29 is 14.0 Å². The van der Waals surface area contributed by atoms with Gasteiger partial charge in [0.05, 0.1) is 6.54 Å². The largest absolute Gasteiger partial charge is 0.325 e. The van der Waals surface area contributed by atoms with Gasteiger partial charge in [-0.25, -0.2) is 9.18 Å². The highest BCUT2D eigenvalue weighted by atomic mass is 35.5. The third-order valence-corrected chi connectivity index (χ3v) is 5.03. The summed E-state index contributed by atoms with van der Waals surface area (Å²) >= 11 is 11.9. The fourth-order valence-corrected chi connectivity index (χ4v) is 3.33. The molecule has 3 rings (SSSR count). The lowest BCUT2D eigenvalue weighted by Gasteiger charge is -2.26. The van der Waals surface area contributed by atoms with Gasteiger partial charge in [-0.15, -0.1) is 0 Å². The molecule has 1 N–H and O–H groups in total. The molecule has 1 aliphatic rings. The fraction of sp³-hybridized carbons (Fsp3) is 0.222. The van der Waals surface area contributed by atoms with E-state index < -0.39 is 23.3 Å². The van der Waals surface area contributed by atoms with Crippen LogP contribution in [0.15, 0.2) is 42.5 Å². The van der Waals surface area contributed by atoms with Crippen molar-refractivity contribution in [1.82, 2.24) is 10.2 Å². The van der Waals surface area contributed by atoms with Crippen molar-refractivity contribution in [3.05, 3.63) is 69.5 Å². The van der Waals surface area contributed by atoms with Crippen LogP contribution in [0.25, 0.3) is 0 Å². The first-order valence-electron chi connectivity index (χ1n) is 7.72. The first kappa shape index (κ1) is 17.7. The number of nitrogens with zero attached hydrogens (tertiary/aromatic N) is 1. The predicted octanol–water partition coefficient (Wildman–Crippen LogP) is 4.49. The van der Waals surface area contributed by atoms with E-state index in [9.17, 15) is 14.0 Å². The molecule has 7 heteroatoms. The number of nitrogens with one attached hydrogen (secondary N) is 1. The maximum absolute atomic E-state index is 14.0. The Morgan fingerprint density at radius 3 is 2.40 bits per heavy atom. The number of hydrogen-bond donors (Lipinski definition) is 1. The van der Waals surface area contributed by atoms with Crippen LogP contribution in [0.2, 0.25) is 10.0 Å². The molecular weight excluding hydrogens is 366 g/mol. The Labute approximate surface area is 154 Å². The summed E-state index contributed by atoms with van der Waals surface area (Å²) in [6.45, 7) is 1.57. The minimum absolute atomic E-state index is 0.107. The van der Waals surface area contributed by atoms with Gasteiger partial charge in [0.2, 0.25) is 0 Å². The van der Waals surface area contributed by atoms with Gasteiger partial charge in [0.15, 0.2) is 0 Å². The summed E-state index contributed by atoms with van der Waals surface area (Å²) in [5, 5.41) is 3.44. The summed E-state index contributed by atoms with van der Waals surface area (Å²) in [6, 6.07) is 10.4. The van der Waals surface area contributed by atoms with E-state index in [0.29, 0.717) is 17.0 Å². The zero-order chi connectivity index (χ0) is 18.2. The standard InChI is InChI=1S/C18H15Cl2FN2O2/c1-2-18(11-6-8-12(19)9-7-11)16(24)23(17(25)22-18)10-13-14(20)4-3-5-15(13)21/h3-9H,2,10H2,1H3,(H,22,25). The van der Waals surface area contributed by atoms with Gasteiger partial charge in [-0.3, -0.25) is 9.69 Å². The van der Waals surface area contributed by atoms with Crippen molar-refractivity contribution >= 4 is 35.1 Å².